The number of ether oxygens (including phenoxy) is 1. The summed E-state index contributed by atoms with van der Waals surface area (Å²) in [6.07, 6.45) is 2.04. The van der Waals surface area contributed by atoms with Gasteiger partial charge in [-0.25, -0.2) is 0 Å². The third-order valence-electron chi connectivity index (χ3n) is 4.76. The second-order valence-corrected chi connectivity index (χ2v) is 6.97. The lowest BCUT2D eigenvalue weighted by molar-refractivity contribution is -0.121. The number of nitrogens with zero attached hydrogens (tertiary/aromatic N) is 3. The summed E-state index contributed by atoms with van der Waals surface area (Å²) in [6, 6.07) is 18.2. The Morgan fingerprint density at radius 1 is 1.07 bits per heavy atom. The lowest BCUT2D eigenvalue weighted by atomic mass is 9.88. The largest absolute Gasteiger partial charge is 0.497 e. The topological polar surface area (TPSA) is 69.0 Å². The van der Waals surface area contributed by atoms with Crippen molar-refractivity contribution in [3.05, 3.63) is 77.9 Å². The van der Waals surface area contributed by atoms with Gasteiger partial charge in [0.15, 0.2) is 5.82 Å². The molecule has 6 nitrogen and oxygen atoms in total. The van der Waals surface area contributed by atoms with Crippen molar-refractivity contribution in [1.29, 1.82) is 0 Å². The molecule has 1 amide bonds. The van der Waals surface area contributed by atoms with Crippen LogP contribution in [0.5, 0.6) is 5.75 Å². The van der Waals surface area contributed by atoms with E-state index in [1.54, 1.807) is 13.4 Å². The van der Waals surface area contributed by atoms with Crippen LogP contribution in [0, 0.1) is 0 Å². The molecule has 146 valence electrons. The van der Waals surface area contributed by atoms with Gasteiger partial charge < -0.3 is 14.6 Å². The van der Waals surface area contributed by atoms with Crippen molar-refractivity contribution in [2.45, 2.75) is 38.8 Å². The fourth-order valence-corrected chi connectivity index (χ4v) is 3.21. The van der Waals surface area contributed by atoms with Crippen LogP contribution in [0.15, 0.2) is 60.9 Å². The first kappa shape index (κ1) is 19.6. The maximum Gasteiger partial charge on any atom is 0.221 e. The Kier molecular flexibility index (Phi) is 6.42. The fourth-order valence-electron chi connectivity index (χ4n) is 3.21. The SMILES string of the molecule is COc1ccc([C@H](CC(=O)NCc2nncn2C(C)C)c2ccccc2)cc1. The minimum atomic E-state index is -0.0323. The highest BCUT2D eigenvalue weighted by molar-refractivity contribution is 5.77. The maximum atomic E-state index is 12.7. The van der Waals surface area contributed by atoms with Gasteiger partial charge >= 0.3 is 0 Å². The normalized spacial score (nSPS) is 12.0. The van der Waals surface area contributed by atoms with Gasteiger partial charge in [-0.3, -0.25) is 4.79 Å². The van der Waals surface area contributed by atoms with Gasteiger partial charge in [0.1, 0.15) is 12.1 Å². The Labute approximate surface area is 165 Å². The van der Waals surface area contributed by atoms with Crippen LogP contribution in [-0.2, 0) is 11.3 Å². The number of carbonyl (C=O) groups is 1. The van der Waals surface area contributed by atoms with Gasteiger partial charge in [0.2, 0.25) is 5.91 Å². The van der Waals surface area contributed by atoms with Crippen molar-refractivity contribution < 1.29 is 9.53 Å². The zero-order chi connectivity index (χ0) is 19.9. The first-order chi connectivity index (χ1) is 13.6. The molecule has 6 heteroatoms. The van der Waals surface area contributed by atoms with Gasteiger partial charge in [-0.15, -0.1) is 10.2 Å². The Morgan fingerprint density at radius 2 is 1.75 bits per heavy atom. The number of aromatic nitrogens is 3. The predicted octanol–water partition coefficient (Wildman–Crippen LogP) is 3.71. The van der Waals surface area contributed by atoms with Crippen molar-refractivity contribution in [2.75, 3.05) is 7.11 Å². The summed E-state index contributed by atoms with van der Waals surface area (Å²) in [4.78, 5) is 12.7. The number of rotatable bonds is 8. The van der Waals surface area contributed by atoms with E-state index in [2.05, 4.69) is 41.5 Å². The van der Waals surface area contributed by atoms with Gasteiger partial charge in [-0.1, -0.05) is 42.5 Å². The summed E-state index contributed by atoms with van der Waals surface area (Å²) < 4.78 is 7.21. The van der Waals surface area contributed by atoms with Crippen LogP contribution in [0.4, 0.5) is 0 Å². The van der Waals surface area contributed by atoms with Crippen LogP contribution in [-0.4, -0.2) is 27.8 Å². The van der Waals surface area contributed by atoms with Crippen molar-refractivity contribution >= 4 is 5.91 Å². The van der Waals surface area contributed by atoms with Crippen LogP contribution < -0.4 is 10.1 Å². The summed E-state index contributed by atoms with van der Waals surface area (Å²) >= 11 is 0. The third-order valence-corrected chi connectivity index (χ3v) is 4.76. The van der Waals surface area contributed by atoms with E-state index in [0.29, 0.717) is 13.0 Å². The molecule has 1 N–H and O–H groups in total. The number of carbonyl (C=O) groups excluding carboxylic acids is 1. The van der Waals surface area contributed by atoms with Crippen molar-refractivity contribution in [3.63, 3.8) is 0 Å². The van der Waals surface area contributed by atoms with E-state index in [-0.39, 0.29) is 17.9 Å². The molecule has 1 atom stereocenters. The molecule has 0 bridgehead atoms. The van der Waals surface area contributed by atoms with E-state index < -0.39 is 0 Å². The molecule has 3 rings (SSSR count). The number of benzene rings is 2. The first-order valence-electron chi connectivity index (χ1n) is 9.42. The smallest absolute Gasteiger partial charge is 0.221 e. The van der Waals surface area contributed by atoms with Gasteiger partial charge in [0, 0.05) is 18.4 Å². The first-order valence-corrected chi connectivity index (χ1v) is 9.42. The zero-order valence-corrected chi connectivity index (χ0v) is 16.5. The van der Waals surface area contributed by atoms with Gasteiger partial charge in [-0.2, -0.15) is 0 Å². The molecular formula is C22H26N4O2. The van der Waals surface area contributed by atoms with Crippen LogP contribution in [0.1, 0.15) is 49.2 Å². The number of amides is 1. The van der Waals surface area contributed by atoms with E-state index >= 15 is 0 Å². The standard InChI is InChI=1S/C22H26N4O2/c1-16(2)26-15-24-25-21(26)14-23-22(27)13-20(17-7-5-4-6-8-17)18-9-11-19(28-3)12-10-18/h4-12,15-16,20H,13-14H2,1-3H3,(H,23,27)/t20-/m1/s1. The molecule has 0 saturated carbocycles. The molecule has 0 aliphatic rings. The summed E-state index contributed by atoms with van der Waals surface area (Å²) in [5, 5.41) is 11.0. The van der Waals surface area contributed by atoms with Crippen LogP contribution >= 0.6 is 0 Å². The van der Waals surface area contributed by atoms with E-state index in [1.165, 1.54) is 0 Å². The number of hydrogen-bond donors (Lipinski definition) is 1. The molecule has 0 saturated heterocycles. The lowest BCUT2D eigenvalue weighted by Crippen LogP contribution is -2.26. The highest BCUT2D eigenvalue weighted by Crippen LogP contribution is 2.29. The quantitative estimate of drug-likeness (QED) is 0.649. The molecule has 1 aromatic heterocycles. The molecule has 0 radical (unpaired) electrons. The monoisotopic (exact) mass is 378 g/mol. The van der Waals surface area contributed by atoms with Crippen molar-refractivity contribution in [2.24, 2.45) is 0 Å². The van der Waals surface area contributed by atoms with Crippen molar-refractivity contribution in [3.8, 4) is 5.75 Å². The van der Waals surface area contributed by atoms with Crippen LogP contribution in [0.25, 0.3) is 0 Å². The minimum absolute atomic E-state index is 0.0250. The van der Waals surface area contributed by atoms with E-state index in [1.807, 2.05) is 47.0 Å². The Morgan fingerprint density at radius 3 is 2.39 bits per heavy atom. The van der Waals surface area contributed by atoms with Gasteiger partial charge in [0.05, 0.1) is 13.7 Å². The molecule has 2 aromatic carbocycles. The fraction of sp³-hybridized carbons (Fsp3) is 0.318. The Hall–Kier alpha value is -3.15. The van der Waals surface area contributed by atoms with E-state index in [0.717, 1.165) is 22.7 Å². The molecule has 0 aliphatic heterocycles. The summed E-state index contributed by atoms with van der Waals surface area (Å²) in [7, 11) is 1.65. The Balaban J connectivity index is 1.73. The van der Waals surface area contributed by atoms with E-state index in [9.17, 15) is 4.79 Å². The molecule has 28 heavy (non-hydrogen) atoms. The predicted molar refractivity (Wildman–Crippen MR) is 108 cm³/mol. The number of hydrogen-bond acceptors (Lipinski definition) is 4. The Bertz CT molecular complexity index is 888. The summed E-state index contributed by atoms with van der Waals surface area (Å²) in [5.74, 6) is 1.50. The number of methoxy groups -OCH3 is 1. The highest BCUT2D eigenvalue weighted by Gasteiger charge is 2.19. The maximum absolute atomic E-state index is 12.7. The average Bonchev–Trinajstić information content (AvgIpc) is 3.20. The highest BCUT2D eigenvalue weighted by atomic mass is 16.5. The van der Waals surface area contributed by atoms with Gasteiger partial charge in [-0.05, 0) is 37.1 Å². The molecule has 1 heterocycles. The molecule has 0 unspecified atom stereocenters. The molecule has 3 aromatic rings. The van der Waals surface area contributed by atoms with Crippen molar-refractivity contribution in [1.82, 2.24) is 20.1 Å². The number of nitrogens with one attached hydrogen (secondary N) is 1. The van der Waals surface area contributed by atoms with Crippen LogP contribution in [0.3, 0.4) is 0 Å². The van der Waals surface area contributed by atoms with Crippen LogP contribution in [0.2, 0.25) is 0 Å². The second kappa shape index (κ2) is 9.17. The summed E-state index contributed by atoms with van der Waals surface area (Å²) in [6.45, 7) is 4.48. The second-order valence-electron chi connectivity index (χ2n) is 6.97. The third kappa shape index (κ3) is 4.76. The van der Waals surface area contributed by atoms with Gasteiger partial charge in [0.25, 0.3) is 0 Å². The molecule has 0 aliphatic carbocycles. The average molecular weight is 378 g/mol. The summed E-state index contributed by atoms with van der Waals surface area (Å²) in [5.41, 5.74) is 2.18. The molecular weight excluding hydrogens is 352 g/mol. The molecule has 0 spiro atoms. The molecule has 0 fully saturated rings. The zero-order valence-electron chi connectivity index (χ0n) is 16.5. The lowest BCUT2D eigenvalue weighted by Gasteiger charge is -2.18. The van der Waals surface area contributed by atoms with E-state index in [4.69, 9.17) is 4.74 Å². The minimum Gasteiger partial charge on any atom is -0.497 e.